The second kappa shape index (κ2) is 8.49. The molecule has 3 heteroatoms. The standard InChI is InChI=1S/C18H19NO2.C2H6/c20-18(21)17-13-19(11-14-7-3-1-4-8-14)12-16(17)15-9-5-2-6-10-15;1-2/h1-10,16-17H,11-13H2,(H,20,21);1-2H3/t16-,17+;/m1./s1. The topological polar surface area (TPSA) is 40.5 Å². The van der Waals surface area contributed by atoms with Crippen LogP contribution in [-0.2, 0) is 11.3 Å². The second-order valence-electron chi connectivity index (χ2n) is 5.64. The van der Waals surface area contributed by atoms with Crippen molar-refractivity contribution in [2.75, 3.05) is 13.1 Å². The molecule has 0 unspecified atom stereocenters. The molecule has 0 aromatic heterocycles. The predicted octanol–water partition coefficient (Wildman–Crippen LogP) is 4.01. The van der Waals surface area contributed by atoms with Crippen LogP contribution in [0.4, 0.5) is 0 Å². The Morgan fingerprint density at radius 3 is 2.13 bits per heavy atom. The van der Waals surface area contributed by atoms with Crippen LogP contribution in [0.15, 0.2) is 60.7 Å². The van der Waals surface area contributed by atoms with Crippen LogP contribution in [0.1, 0.15) is 30.9 Å². The van der Waals surface area contributed by atoms with Crippen LogP contribution >= 0.6 is 0 Å². The zero-order valence-electron chi connectivity index (χ0n) is 13.9. The van der Waals surface area contributed by atoms with Crippen LogP contribution in [-0.4, -0.2) is 29.1 Å². The molecule has 1 heterocycles. The smallest absolute Gasteiger partial charge is 0.308 e. The van der Waals surface area contributed by atoms with E-state index in [-0.39, 0.29) is 11.8 Å². The molecular weight excluding hydrogens is 286 g/mol. The van der Waals surface area contributed by atoms with Gasteiger partial charge in [0.15, 0.2) is 0 Å². The first-order valence-corrected chi connectivity index (χ1v) is 8.28. The Labute approximate surface area is 138 Å². The molecule has 2 aromatic rings. The molecule has 2 atom stereocenters. The maximum Gasteiger partial charge on any atom is 0.308 e. The number of benzene rings is 2. The van der Waals surface area contributed by atoms with Crippen LogP contribution in [0, 0.1) is 5.92 Å². The fourth-order valence-corrected chi connectivity index (χ4v) is 3.14. The normalized spacial score (nSPS) is 20.6. The van der Waals surface area contributed by atoms with E-state index in [4.69, 9.17) is 0 Å². The van der Waals surface area contributed by atoms with E-state index in [1.165, 1.54) is 5.56 Å². The minimum Gasteiger partial charge on any atom is -0.481 e. The summed E-state index contributed by atoms with van der Waals surface area (Å²) in [5.41, 5.74) is 2.36. The first-order valence-electron chi connectivity index (χ1n) is 8.28. The maximum absolute atomic E-state index is 11.6. The van der Waals surface area contributed by atoms with Crippen molar-refractivity contribution in [2.24, 2.45) is 5.92 Å². The number of carboxylic acid groups (broad SMARTS) is 1. The summed E-state index contributed by atoms with van der Waals surface area (Å²) in [6.45, 7) is 6.23. The number of carboxylic acids is 1. The van der Waals surface area contributed by atoms with Crippen molar-refractivity contribution in [1.82, 2.24) is 4.90 Å². The number of hydrogen-bond donors (Lipinski definition) is 1. The first-order chi connectivity index (χ1) is 11.2. The Morgan fingerprint density at radius 2 is 1.57 bits per heavy atom. The van der Waals surface area contributed by atoms with Gasteiger partial charge >= 0.3 is 5.97 Å². The predicted molar refractivity (Wildman–Crippen MR) is 93.4 cm³/mol. The van der Waals surface area contributed by atoms with Gasteiger partial charge < -0.3 is 5.11 Å². The Kier molecular flexibility index (Phi) is 6.36. The summed E-state index contributed by atoms with van der Waals surface area (Å²) in [6.07, 6.45) is 0. The van der Waals surface area contributed by atoms with Gasteiger partial charge in [-0.25, -0.2) is 0 Å². The van der Waals surface area contributed by atoms with E-state index in [1.54, 1.807) is 0 Å². The quantitative estimate of drug-likeness (QED) is 0.927. The summed E-state index contributed by atoms with van der Waals surface area (Å²) in [6, 6.07) is 20.2. The van der Waals surface area contributed by atoms with E-state index in [0.29, 0.717) is 6.54 Å². The van der Waals surface area contributed by atoms with Crippen molar-refractivity contribution < 1.29 is 9.90 Å². The zero-order chi connectivity index (χ0) is 16.7. The third-order valence-electron chi connectivity index (χ3n) is 4.19. The number of hydrogen-bond acceptors (Lipinski definition) is 2. The van der Waals surface area contributed by atoms with Gasteiger partial charge in [-0.3, -0.25) is 9.69 Å². The molecule has 0 amide bonds. The van der Waals surface area contributed by atoms with E-state index in [2.05, 4.69) is 17.0 Å². The molecule has 0 radical (unpaired) electrons. The van der Waals surface area contributed by atoms with E-state index in [9.17, 15) is 9.90 Å². The molecule has 2 aromatic carbocycles. The van der Waals surface area contributed by atoms with Crippen LogP contribution < -0.4 is 0 Å². The highest BCUT2D eigenvalue weighted by atomic mass is 16.4. The molecular formula is C20H25NO2. The van der Waals surface area contributed by atoms with E-state index < -0.39 is 5.97 Å². The van der Waals surface area contributed by atoms with Gasteiger partial charge in [-0.1, -0.05) is 74.5 Å². The summed E-state index contributed by atoms with van der Waals surface area (Å²) < 4.78 is 0. The molecule has 1 aliphatic heterocycles. The van der Waals surface area contributed by atoms with Gasteiger partial charge in [0.25, 0.3) is 0 Å². The fraction of sp³-hybridized carbons (Fsp3) is 0.350. The molecule has 0 spiro atoms. The van der Waals surface area contributed by atoms with E-state index in [1.807, 2.05) is 62.4 Å². The Hall–Kier alpha value is -2.13. The van der Waals surface area contributed by atoms with E-state index >= 15 is 0 Å². The largest absolute Gasteiger partial charge is 0.481 e. The average molecular weight is 311 g/mol. The summed E-state index contributed by atoms with van der Waals surface area (Å²) in [5.74, 6) is -0.942. The highest BCUT2D eigenvalue weighted by Crippen LogP contribution is 2.33. The molecule has 1 fully saturated rings. The lowest BCUT2D eigenvalue weighted by molar-refractivity contribution is -0.141. The molecule has 3 rings (SSSR count). The molecule has 23 heavy (non-hydrogen) atoms. The molecule has 0 bridgehead atoms. The minimum absolute atomic E-state index is 0.0763. The van der Waals surface area contributed by atoms with Crippen LogP contribution in [0.25, 0.3) is 0 Å². The molecule has 1 N–H and O–H groups in total. The fourth-order valence-electron chi connectivity index (χ4n) is 3.14. The second-order valence-corrected chi connectivity index (χ2v) is 5.64. The summed E-state index contributed by atoms with van der Waals surface area (Å²) >= 11 is 0. The third kappa shape index (κ3) is 4.42. The number of nitrogens with zero attached hydrogens (tertiary/aromatic N) is 1. The Balaban J connectivity index is 0.000000924. The van der Waals surface area contributed by atoms with Gasteiger partial charge in [0.2, 0.25) is 0 Å². The molecule has 122 valence electrons. The van der Waals surface area contributed by atoms with Gasteiger partial charge in [0.05, 0.1) is 5.92 Å². The Morgan fingerprint density at radius 1 is 1.00 bits per heavy atom. The first kappa shape index (κ1) is 17.2. The SMILES string of the molecule is CC.O=C(O)[C@H]1CN(Cc2ccccc2)C[C@@H]1c1ccccc1. The third-order valence-corrected chi connectivity index (χ3v) is 4.19. The van der Waals surface area contributed by atoms with Crippen LogP contribution in [0.3, 0.4) is 0 Å². The van der Waals surface area contributed by atoms with Crippen molar-refractivity contribution in [2.45, 2.75) is 26.3 Å². The number of rotatable bonds is 4. The number of carbonyl (C=O) groups is 1. The molecule has 1 saturated heterocycles. The van der Waals surface area contributed by atoms with Crippen molar-refractivity contribution >= 4 is 5.97 Å². The summed E-state index contributed by atoms with van der Waals surface area (Å²) in [7, 11) is 0. The molecule has 3 nitrogen and oxygen atoms in total. The van der Waals surface area contributed by atoms with Crippen molar-refractivity contribution in [3.05, 3.63) is 71.8 Å². The van der Waals surface area contributed by atoms with Crippen molar-refractivity contribution in [3.8, 4) is 0 Å². The van der Waals surface area contributed by atoms with Gasteiger partial charge in [-0.05, 0) is 11.1 Å². The lowest BCUT2D eigenvalue weighted by Gasteiger charge is -2.16. The lowest BCUT2D eigenvalue weighted by Crippen LogP contribution is -2.23. The minimum atomic E-state index is -0.695. The van der Waals surface area contributed by atoms with E-state index in [0.717, 1.165) is 18.7 Å². The highest BCUT2D eigenvalue weighted by molar-refractivity contribution is 5.72. The molecule has 0 saturated carbocycles. The maximum atomic E-state index is 11.6. The summed E-state index contributed by atoms with van der Waals surface area (Å²) in [4.78, 5) is 13.8. The van der Waals surface area contributed by atoms with Gasteiger partial charge in [-0.2, -0.15) is 0 Å². The highest BCUT2D eigenvalue weighted by Gasteiger charge is 2.38. The van der Waals surface area contributed by atoms with Crippen LogP contribution in [0.2, 0.25) is 0 Å². The van der Waals surface area contributed by atoms with Gasteiger partial charge in [0, 0.05) is 25.6 Å². The summed E-state index contributed by atoms with van der Waals surface area (Å²) in [5, 5.41) is 9.50. The number of likely N-dealkylation sites (tertiary alicyclic amines) is 1. The zero-order valence-corrected chi connectivity index (χ0v) is 13.9. The van der Waals surface area contributed by atoms with Gasteiger partial charge in [0.1, 0.15) is 0 Å². The van der Waals surface area contributed by atoms with Crippen molar-refractivity contribution in [1.29, 1.82) is 0 Å². The number of aliphatic carboxylic acids is 1. The van der Waals surface area contributed by atoms with Gasteiger partial charge in [-0.15, -0.1) is 0 Å². The molecule has 0 aliphatic carbocycles. The van der Waals surface area contributed by atoms with Crippen molar-refractivity contribution in [3.63, 3.8) is 0 Å². The van der Waals surface area contributed by atoms with Crippen LogP contribution in [0.5, 0.6) is 0 Å². The Bertz CT molecular complexity index is 598. The average Bonchev–Trinajstić information content (AvgIpc) is 3.02. The molecule has 1 aliphatic rings. The lowest BCUT2D eigenvalue weighted by atomic mass is 9.89. The monoisotopic (exact) mass is 311 g/mol.